The first kappa shape index (κ1) is 19.3. The molecule has 0 aliphatic rings. The first-order valence-electron chi connectivity index (χ1n) is 8.25. The molecular weight excluding hydrogens is 319 g/mol. The number of benzene rings is 1. The van der Waals surface area contributed by atoms with Crippen molar-refractivity contribution in [3.05, 3.63) is 33.3 Å². The highest BCUT2D eigenvalue weighted by atomic mass is 35.5. The van der Waals surface area contributed by atoms with Crippen molar-refractivity contribution in [3.8, 4) is 0 Å². The molecule has 0 N–H and O–H groups in total. The number of hydrogen-bond acceptors (Lipinski definition) is 2. The summed E-state index contributed by atoms with van der Waals surface area (Å²) in [7, 11) is 0. The Balaban J connectivity index is 2.47. The van der Waals surface area contributed by atoms with Gasteiger partial charge in [0.15, 0.2) is 0 Å². The van der Waals surface area contributed by atoms with Crippen LogP contribution in [0.15, 0.2) is 12.1 Å². The Labute approximate surface area is 144 Å². The summed E-state index contributed by atoms with van der Waals surface area (Å²) in [4.78, 5) is 12.1. The Morgan fingerprint density at radius 1 is 1.00 bits per heavy atom. The molecule has 1 aromatic carbocycles. The van der Waals surface area contributed by atoms with E-state index in [1.165, 1.54) is 25.7 Å². The van der Waals surface area contributed by atoms with Crippen LogP contribution >= 0.6 is 23.2 Å². The Kier molecular flexibility index (Phi) is 9.58. The van der Waals surface area contributed by atoms with Crippen molar-refractivity contribution in [2.24, 2.45) is 0 Å². The molecule has 0 spiro atoms. The van der Waals surface area contributed by atoms with Gasteiger partial charge < -0.3 is 4.74 Å². The maximum absolute atomic E-state index is 12.1. The normalized spacial score (nSPS) is 10.7. The lowest BCUT2D eigenvalue weighted by Gasteiger charge is -2.11. The molecular formula is C18H26Cl2O2. The fraction of sp³-hybridized carbons (Fsp3) is 0.611. The van der Waals surface area contributed by atoms with Gasteiger partial charge in [-0.25, -0.2) is 4.79 Å². The van der Waals surface area contributed by atoms with Crippen LogP contribution in [-0.4, -0.2) is 12.6 Å². The number of hydrogen-bond donors (Lipinski definition) is 0. The summed E-state index contributed by atoms with van der Waals surface area (Å²) >= 11 is 12.4. The van der Waals surface area contributed by atoms with E-state index in [9.17, 15) is 4.79 Å². The van der Waals surface area contributed by atoms with Gasteiger partial charge in [-0.1, -0.05) is 75.6 Å². The van der Waals surface area contributed by atoms with Crippen molar-refractivity contribution in [2.45, 2.75) is 65.2 Å². The summed E-state index contributed by atoms with van der Waals surface area (Å²) in [5, 5.41) is 1.04. The monoisotopic (exact) mass is 344 g/mol. The van der Waals surface area contributed by atoms with E-state index in [0.717, 1.165) is 31.2 Å². The maximum Gasteiger partial charge on any atom is 0.339 e. The second kappa shape index (κ2) is 10.9. The SMILES string of the molecule is CCCCCCCCOC(=O)c1ccc(Cl)c(CCC)c1Cl. The van der Waals surface area contributed by atoms with E-state index >= 15 is 0 Å². The first-order valence-corrected chi connectivity index (χ1v) is 9.01. The zero-order valence-corrected chi connectivity index (χ0v) is 15.1. The highest BCUT2D eigenvalue weighted by Crippen LogP contribution is 2.29. The van der Waals surface area contributed by atoms with Gasteiger partial charge in [0.25, 0.3) is 0 Å². The van der Waals surface area contributed by atoms with Gasteiger partial charge in [0, 0.05) is 5.02 Å². The third-order valence-corrected chi connectivity index (χ3v) is 4.42. The predicted molar refractivity (Wildman–Crippen MR) is 94.1 cm³/mol. The number of rotatable bonds is 10. The third-order valence-electron chi connectivity index (χ3n) is 3.64. The standard InChI is InChI=1S/C18H26Cl2O2/c1-3-5-6-7-8-9-13-22-18(21)15-11-12-16(19)14(10-4-2)17(15)20/h11-12H,3-10,13H2,1-2H3. The molecule has 0 amide bonds. The molecule has 4 heteroatoms. The summed E-state index contributed by atoms with van der Waals surface area (Å²) in [6.07, 6.45) is 8.67. The first-order chi connectivity index (χ1) is 10.6. The van der Waals surface area contributed by atoms with Crippen LogP contribution in [0.1, 0.15) is 74.7 Å². The molecule has 0 bridgehead atoms. The quantitative estimate of drug-likeness (QED) is 0.359. The molecule has 0 aromatic heterocycles. The molecule has 1 aromatic rings. The number of carbonyl (C=O) groups excluding carboxylic acids is 1. The van der Waals surface area contributed by atoms with Gasteiger partial charge in [-0.05, 0) is 30.5 Å². The lowest BCUT2D eigenvalue weighted by Crippen LogP contribution is -2.08. The number of ether oxygens (including phenoxy) is 1. The van der Waals surface area contributed by atoms with E-state index in [-0.39, 0.29) is 5.97 Å². The zero-order chi connectivity index (χ0) is 16.4. The lowest BCUT2D eigenvalue weighted by atomic mass is 10.1. The van der Waals surface area contributed by atoms with Crippen molar-refractivity contribution in [1.29, 1.82) is 0 Å². The van der Waals surface area contributed by atoms with Crippen molar-refractivity contribution in [3.63, 3.8) is 0 Å². The van der Waals surface area contributed by atoms with E-state index in [1.54, 1.807) is 12.1 Å². The molecule has 0 heterocycles. The Morgan fingerprint density at radius 2 is 1.68 bits per heavy atom. The van der Waals surface area contributed by atoms with E-state index in [4.69, 9.17) is 27.9 Å². The fourth-order valence-corrected chi connectivity index (χ4v) is 3.00. The highest BCUT2D eigenvalue weighted by Gasteiger charge is 2.16. The molecule has 124 valence electrons. The molecule has 0 aliphatic carbocycles. The van der Waals surface area contributed by atoms with E-state index in [0.29, 0.717) is 22.2 Å². The molecule has 0 atom stereocenters. The highest BCUT2D eigenvalue weighted by molar-refractivity contribution is 6.37. The smallest absolute Gasteiger partial charge is 0.339 e. The summed E-state index contributed by atoms with van der Waals surface area (Å²) in [6, 6.07) is 3.37. The molecule has 0 radical (unpaired) electrons. The molecule has 0 saturated heterocycles. The minimum absolute atomic E-state index is 0.354. The molecule has 0 saturated carbocycles. The van der Waals surface area contributed by atoms with E-state index in [2.05, 4.69) is 13.8 Å². The van der Waals surface area contributed by atoms with E-state index < -0.39 is 0 Å². The molecule has 0 aliphatic heterocycles. The van der Waals surface area contributed by atoms with Crippen molar-refractivity contribution in [2.75, 3.05) is 6.61 Å². The Hall–Kier alpha value is -0.730. The number of unbranched alkanes of at least 4 members (excludes halogenated alkanes) is 5. The molecule has 22 heavy (non-hydrogen) atoms. The van der Waals surface area contributed by atoms with Crippen molar-refractivity contribution < 1.29 is 9.53 Å². The van der Waals surface area contributed by atoms with Crippen LogP contribution < -0.4 is 0 Å². The lowest BCUT2D eigenvalue weighted by molar-refractivity contribution is 0.0498. The van der Waals surface area contributed by atoms with Crippen LogP contribution in [-0.2, 0) is 11.2 Å². The maximum atomic E-state index is 12.1. The van der Waals surface area contributed by atoms with Gasteiger partial charge in [-0.15, -0.1) is 0 Å². The van der Waals surface area contributed by atoms with Gasteiger partial charge in [0.1, 0.15) is 0 Å². The third kappa shape index (κ3) is 6.18. The molecule has 0 unspecified atom stereocenters. The summed E-state index contributed by atoms with van der Waals surface area (Å²) in [6.45, 7) is 4.70. The largest absolute Gasteiger partial charge is 0.462 e. The number of halogens is 2. The van der Waals surface area contributed by atoms with Crippen molar-refractivity contribution >= 4 is 29.2 Å². The Morgan fingerprint density at radius 3 is 2.36 bits per heavy atom. The predicted octanol–water partition coefficient (Wildman–Crippen LogP) is 6.46. The minimum atomic E-state index is -0.354. The number of esters is 1. The fourth-order valence-electron chi connectivity index (χ4n) is 2.36. The van der Waals surface area contributed by atoms with Crippen LogP contribution in [0, 0.1) is 0 Å². The van der Waals surface area contributed by atoms with Crippen LogP contribution in [0.2, 0.25) is 10.0 Å². The van der Waals surface area contributed by atoms with E-state index in [1.807, 2.05) is 0 Å². The van der Waals surface area contributed by atoms with Gasteiger partial charge in [0.05, 0.1) is 17.2 Å². The molecule has 2 nitrogen and oxygen atoms in total. The minimum Gasteiger partial charge on any atom is -0.462 e. The average Bonchev–Trinajstić information content (AvgIpc) is 2.50. The van der Waals surface area contributed by atoms with Crippen molar-refractivity contribution in [1.82, 2.24) is 0 Å². The van der Waals surface area contributed by atoms with Crippen LogP contribution in [0.3, 0.4) is 0 Å². The summed E-state index contributed by atoms with van der Waals surface area (Å²) < 4.78 is 5.32. The van der Waals surface area contributed by atoms with Gasteiger partial charge >= 0.3 is 5.97 Å². The van der Waals surface area contributed by atoms with Gasteiger partial charge in [-0.2, -0.15) is 0 Å². The molecule has 0 fully saturated rings. The zero-order valence-electron chi connectivity index (χ0n) is 13.6. The summed E-state index contributed by atoms with van der Waals surface area (Å²) in [5.41, 5.74) is 1.25. The van der Waals surface area contributed by atoms with Crippen LogP contribution in [0.5, 0.6) is 0 Å². The molecule has 1 rings (SSSR count). The van der Waals surface area contributed by atoms with Gasteiger partial charge in [0.2, 0.25) is 0 Å². The average molecular weight is 345 g/mol. The topological polar surface area (TPSA) is 26.3 Å². The Bertz CT molecular complexity index is 472. The second-order valence-corrected chi connectivity index (χ2v) is 6.33. The summed E-state index contributed by atoms with van der Waals surface area (Å²) in [5.74, 6) is -0.354. The van der Waals surface area contributed by atoms with Crippen LogP contribution in [0.25, 0.3) is 0 Å². The second-order valence-electron chi connectivity index (χ2n) is 5.54. The number of carbonyl (C=O) groups is 1. The van der Waals surface area contributed by atoms with Gasteiger partial charge in [-0.3, -0.25) is 0 Å². The van der Waals surface area contributed by atoms with Crippen LogP contribution in [0.4, 0.5) is 0 Å².